The minimum Gasteiger partial charge on any atom is -0.490 e. The molecule has 1 N–H and O–H groups in total. The van der Waals surface area contributed by atoms with Crippen LogP contribution in [0, 0.1) is 28.1 Å². The fraction of sp³-hybridized carbons (Fsp3) is 0.476. The maximum absolute atomic E-state index is 12.9. The first-order valence-electron chi connectivity index (χ1n) is 9.30. The number of rotatable bonds is 5. The summed E-state index contributed by atoms with van der Waals surface area (Å²) < 4.78 is 40.9. The summed E-state index contributed by atoms with van der Waals surface area (Å²) in [7, 11) is 0. The first-order chi connectivity index (χ1) is 13.7. The lowest BCUT2D eigenvalue weighted by Crippen LogP contribution is -2.38. The minimum absolute atomic E-state index is 0.0887. The maximum atomic E-state index is 12.9. The summed E-state index contributed by atoms with van der Waals surface area (Å²) in [6.45, 7) is 2.79. The van der Waals surface area contributed by atoms with Crippen molar-refractivity contribution in [3.8, 4) is 17.6 Å². The monoisotopic (exact) mass is 404 g/mol. The standard InChI is InChI=1S/C21H22F2N2O4/c1-4-27-15-7-11(5-6-14(15)29-20(22)23)17-12(10-24)19(25)28-16-9-21(2,3)8-13(26)18(16)17/h5-7,12,17,20,25H,4,8-9H2,1-3H3. The number of nitrogens with zero attached hydrogens (tertiary/aromatic N) is 1. The molecule has 2 aliphatic rings. The second kappa shape index (κ2) is 7.82. The summed E-state index contributed by atoms with van der Waals surface area (Å²) in [6, 6.07) is 6.39. The highest BCUT2D eigenvalue weighted by molar-refractivity contribution is 6.01. The average molecular weight is 404 g/mol. The van der Waals surface area contributed by atoms with Gasteiger partial charge in [0, 0.05) is 24.3 Å². The lowest BCUT2D eigenvalue weighted by atomic mass is 9.68. The number of alkyl halides is 2. The van der Waals surface area contributed by atoms with Crippen LogP contribution < -0.4 is 9.47 Å². The molecule has 3 rings (SSSR count). The number of hydrogen-bond donors (Lipinski definition) is 1. The Kier molecular flexibility index (Phi) is 5.60. The summed E-state index contributed by atoms with van der Waals surface area (Å²) in [6.07, 6.45) is 0.762. The molecule has 0 amide bonds. The van der Waals surface area contributed by atoms with E-state index in [1.807, 2.05) is 19.9 Å². The zero-order chi connectivity index (χ0) is 21.3. The molecule has 0 bridgehead atoms. The average Bonchev–Trinajstić information content (AvgIpc) is 2.60. The molecular weight excluding hydrogens is 382 g/mol. The van der Waals surface area contributed by atoms with Crippen molar-refractivity contribution in [3.63, 3.8) is 0 Å². The number of nitriles is 1. The molecule has 2 unspecified atom stereocenters. The summed E-state index contributed by atoms with van der Waals surface area (Å²) in [5.74, 6) is -1.75. The summed E-state index contributed by atoms with van der Waals surface area (Å²) in [5, 5.41) is 17.8. The minimum atomic E-state index is -3.01. The van der Waals surface area contributed by atoms with Crippen molar-refractivity contribution in [1.82, 2.24) is 0 Å². The lowest BCUT2D eigenvalue weighted by Gasteiger charge is -2.39. The molecule has 2 atom stereocenters. The van der Waals surface area contributed by atoms with Gasteiger partial charge in [-0.1, -0.05) is 19.9 Å². The Bertz CT molecular complexity index is 918. The smallest absolute Gasteiger partial charge is 0.387 e. The largest absolute Gasteiger partial charge is 0.490 e. The van der Waals surface area contributed by atoms with E-state index in [4.69, 9.17) is 14.9 Å². The number of nitrogens with one attached hydrogen (secondary N) is 1. The van der Waals surface area contributed by atoms with Crippen LogP contribution in [0.4, 0.5) is 8.78 Å². The number of Topliss-reactive ketones (excluding diaryl/α,β-unsaturated/α-hetero) is 1. The summed E-state index contributed by atoms with van der Waals surface area (Å²) in [4.78, 5) is 12.9. The highest BCUT2D eigenvalue weighted by Gasteiger charge is 2.46. The summed E-state index contributed by atoms with van der Waals surface area (Å²) >= 11 is 0. The van der Waals surface area contributed by atoms with Gasteiger partial charge in [-0.25, -0.2) is 0 Å². The fourth-order valence-electron chi connectivity index (χ4n) is 3.90. The van der Waals surface area contributed by atoms with Crippen LogP contribution >= 0.6 is 0 Å². The second-order valence-electron chi connectivity index (χ2n) is 7.85. The predicted octanol–water partition coefficient (Wildman–Crippen LogP) is 4.56. The zero-order valence-electron chi connectivity index (χ0n) is 16.4. The van der Waals surface area contributed by atoms with E-state index in [0.717, 1.165) is 0 Å². The van der Waals surface area contributed by atoms with Crippen molar-refractivity contribution < 1.29 is 27.8 Å². The van der Waals surface area contributed by atoms with Crippen molar-refractivity contribution >= 4 is 11.7 Å². The molecule has 0 aromatic heterocycles. The van der Waals surface area contributed by atoms with Crippen molar-refractivity contribution in [2.24, 2.45) is 11.3 Å². The number of ketones is 1. The third-order valence-corrected chi connectivity index (χ3v) is 5.02. The van der Waals surface area contributed by atoms with Gasteiger partial charge < -0.3 is 14.2 Å². The van der Waals surface area contributed by atoms with Crippen LogP contribution in [0.3, 0.4) is 0 Å². The van der Waals surface area contributed by atoms with Gasteiger partial charge in [0.15, 0.2) is 17.3 Å². The molecule has 1 aliphatic heterocycles. The van der Waals surface area contributed by atoms with Crippen LogP contribution in [0.25, 0.3) is 0 Å². The Morgan fingerprint density at radius 1 is 1.34 bits per heavy atom. The fourth-order valence-corrected chi connectivity index (χ4v) is 3.90. The molecule has 1 aliphatic carbocycles. The number of ether oxygens (including phenoxy) is 3. The van der Waals surface area contributed by atoms with Gasteiger partial charge >= 0.3 is 6.61 Å². The van der Waals surface area contributed by atoms with Gasteiger partial charge in [-0.3, -0.25) is 10.2 Å². The number of halogens is 2. The van der Waals surface area contributed by atoms with Crippen molar-refractivity contribution in [3.05, 3.63) is 35.1 Å². The van der Waals surface area contributed by atoms with E-state index in [9.17, 15) is 18.8 Å². The van der Waals surface area contributed by atoms with Gasteiger partial charge in [0.05, 0.1) is 12.7 Å². The van der Waals surface area contributed by atoms with E-state index in [0.29, 0.717) is 29.7 Å². The Morgan fingerprint density at radius 3 is 2.69 bits per heavy atom. The normalized spacial score (nSPS) is 23.3. The molecule has 6 nitrogen and oxygen atoms in total. The molecule has 1 aromatic rings. The van der Waals surface area contributed by atoms with E-state index in [1.165, 1.54) is 18.2 Å². The van der Waals surface area contributed by atoms with Crippen molar-refractivity contribution in [2.45, 2.75) is 46.1 Å². The van der Waals surface area contributed by atoms with Gasteiger partial charge in [-0.2, -0.15) is 14.0 Å². The lowest BCUT2D eigenvalue weighted by molar-refractivity contribution is -0.119. The number of benzene rings is 1. The van der Waals surface area contributed by atoms with Crippen molar-refractivity contribution in [1.29, 1.82) is 10.7 Å². The maximum Gasteiger partial charge on any atom is 0.387 e. The molecule has 0 spiro atoms. The number of allylic oxidation sites excluding steroid dienone is 2. The van der Waals surface area contributed by atoms with Crippen LogP contribution in [-0.2, 0) is 9.53 Å². The van der Waals surface area contributed by atoms with E-state index in [-0.39, 0.29) is 35.2 Å². The Hall–Kier alpha value is -2.95. The quantitative estimate of drug-likeness (QED) is 0.777. The SMILES string of the molecule is CCOc1cc(C2C3=C(CC(C)(C)CC3=O)OC(=N)C2C#N)ccc1OC(F)F. The highest BCUT2D eigenvalue weighted by atomic mass is 19.3. The van der Waals surface area contributed by atoms with Crippen molar-refractivity contribution in [2.75, 3.05) is 6.61 Å². The molecule has 0 saturated carbocycles. The number of carbonyl (C=O) groups excluding carboxylic acids is 1. The van der Waals surface area contributed by atoms with E-state index < -0.39 is 18.4 Å². The zero-order valence-corrected chi connectivity index (χ0v) is 16.4. The van der Waals surface area contributed by atoms with E-state index >= 15 is 0 Å². The molecular formula is C21H22F2N2O4. The molecule has 1 aromatic carbocycles. The first kappa shape index (κ1) is 20.8. The molecule has 0 saturated heterocycles. The van der Waals surface area contributed by atoms with Gasteiger partial charge in [0.25, 0.3) is 0 Å². The Morgan fingerprint density at radius 2 is 2.07 bits per heavy atom. The van der Waals surface area contributed by atoms with Gasteiger partial charge in [-0.05, 0) is 30.0 Å². The van der Waals surface area contributed by atoms with E-state index in [1.54, 1.807) is 6.92 Å². The van der Waals surface area contributed by atoms with Gasteiger partial charge in [0.2, 0.25) is 5.90 Å². The summed E-state index contributed by atoms with van der Waals surface area (Å²) in [5.41, 5.74) is 0.568. The Labute approximate surface area is 167 Å². The Balaban J connectivity index is 2.13. The van der Waals surface area contributed by atoms with Gasteiger partial charge in [0.1, 0.15) is 11.7 Å². The van der Waals surface area contributed by atoms with Crippen LogP contribution in [0.15, 0.2) is 29.5 Å². The molecule has 0 fully saturated rings. The number of hydrogen-bond acceptors (Lipinski definition) is 6. The van der Waals surface area contributed by atoms with Crippen LogP contribution in [0.1, 0.15) is 45.1 Å². The topological polar surface area (TPSA) is 92.4 Å². The molecule has 154 valence electrons. The van der Waals surface area contributed by atoms with Gasteiger partial charge in [-0.15, -0.1) is 0 Å². The molecule has 1 heterocycles. The molecule has 29 heavy (non-hydrogen) atoms. The molecule has 0 radical (unpaired) electrons. The van der Waals surface area contributed by atoms with Crippen LogP contribution in [0.5, 0.6) is 11.5 Å². The van der Waals surface area contributed by atoms with Crippen LogP contribution in [0.2, 0.25) is 0 Å². The highest BCUT2D eigenvalue weighted by Crippen LogP contribution is 2.48. The molecule has 8 heteroatoms. The predicted molar refractivity (Wildman–Crippen MR) is 99.9 cm³/mol. The van der Waals surface area contributed by atoms with E-state index in [2.05, 4.69) is 4.74 Å². The first-order valence-corrected chi connectivity index (χ1v) is 9.30. The third-order valence-electron chi connectivity index (χ3n) is 5.02. The second-order valence-corrected chi connectivity index (χ2v) is 7.85. The van der Waals surface area contributed by atoms with Crippen LogP contribution in [-0.4, -0.2) is 24.9 Å². The number of carbonyl (C=O) groups is 1. The third kappa shape index (κ3) is 4.09.